The van der Waals surface area contributed by atoms with Gasteiger partial charge in [0.1, 0.15) is 6.54 Å². The summed E-state index contributed by atoms with van der Waals surface area (Å²) in [5.74, 6) is -0.108. The highest BCUT2D eigenvalue weighted by molar-refractivity contribution is 5.84. The second-order valence-electron chi connectivity index (χ2n) is 6.94. The van der Waals surface area contributed by atoms with Crippen molar-refractivity contribution in [1.82, 2.24) is 14.8 Å². The van der Waals surface area contributed by atoms with Gasteiger partial charge in [0.25, 0.3) is 0 Å². The Morgan fingerprint density at radius 2 is 1.89 bits per heavy atom. The largest absolute Gasteiger partial charge is 0.368 e. The summed E-state index contributed by atoms with van der Waals surface area (Å²) < 4.78 is 0. The molecule has 0 aliphatic carbocycles. The molecule has 0 unspecified atom stereocenters. The average Bonchev–Trinajstić information content (AvgIpc) is 2.68. The highest BCUT2D eigenvalue weighted by Gasteiger charge is 2.24. The number of benzene rings is 1. The van der Waals surface area contributed by atoms with Gasteiger partial charge in [0.05, 0.1) is 0 Å². The van der Waals surface area contributed by atoms with Crippen molar-refractivity contribution in [3.63, 3.8) is 0 Å². The van der Waals surface area contributed by atoms with Crippen LogP contribution in [-0.4, -0.2) is 59.3 Å². The maximum atomic E-state index is 12.7. The molecule has 0 bridgehead atoms. The second kappa shape index (κ2) is 8.66. The van der Waals surface area contributed by atoms with E-state index in [9.17, 15) is 9.59 Å². The summed E-state index contributed by atoms with van der Waals surface area (Å²) in [5.41, 5.74) is 3.35. The number of amides is 2. The number of pyridine rings is 1. The zero-order chi connectivity index (χ0) is 19.2. The molecular formula is C21H26N4O2. The van der Waals surface area contributed by atoms with Crippen molar-refractivity contribution >= 4 is 17.5 Å². The normalized spacial score (nSPS) is 14.1. The van der Waals surface area contributed by atoms with Crippen LogP contribution in [0.5, 0.6) is 0 Å². The van der Waals surface area contributed by atoms with Gasteiger partial charge in [-0.2, -0.15) is 0 Å². The minimum atomic E-state index is -0.106. The Labute approximate surface area is 160 Å². The van der Waals surface area contributed by atoms with E-state index >= 15 is 0 Å². The van der Waals surface area contributed by atoms with Crippen LogP contribution in [0.15, 0.2) is 48.8 Å². The third-order valence-corrected chi connectivity index (χ3v) is 4.87. The van der Waals surface area contributed by atoms with Crippen molar-refractivity contribution in [2.45, 2.75) is 20.4 Å². The molecule has 1 fully saturated rings. The van der Waals surface area contributed by atoms with Gasteiger partial charge in [-0.3, -0.25) is 14.6 Å². The lowest BCUT2D eigenvalue weighted by molar-refractivity contribution is -0.140. The Kier molecular flexibility index (Phi) is 6.06. The van der Waals surface area contributed by atoms with Gasteiger partial charge in [0, 0.05) is 57.7 Å². The summed E-state index contributed by atoms with van der Waals surface area (Å²) in [7, 11) is 0. The van der Waals surface area contributed by atoms with E-state index in [2.05, 4.69) is 41.1 Å². The molecule has 0 atom stereocenters. The molecule has 6 nitrogen and oxygen atoms in total. The highest BCUT2D eigenvalue weighted by atomic mass is 16.2. The van der Waals surface area contributed by atoms with Crippen molar-refractivity contribution in [3.05, 3.63) is 59.9 Å². The van der Waals surface area contributed by atoms with Gasteiger partial charge in [-0.15, -0.1) is 0 Å². The van der Waals surface area contributed by atoms with Crippen LogP contribution in [0.1, 0.15) is 18.1 Å². The molecule has 6 heteroatoms. The first kappa shape index (κ1) is 18.9. The lowest BCUT2D eigenvalue weighted by atomic mass is 10.2. The molecule has 2 amide bonds. The van der Waals surface area contributed by atoms with Gasteiger partial charge in [-0.05, 0) is 36.2 Å². The van der Waals surface area contributed by atoms with Crippen LogP contribution in [0.3, 0.4) is 0 Å². The highest BCUT2D eigenvalue weighted by Crippen LogP contribution is 2.18. The minimum absolute atomic E-state index is 0.00187. The van der Waals surface area contributed by atoms with Gasteiger partial charge in [0.2, 0.25) is 11.8 Å². The first-order chi connectivity index (χ1) is 13.0. The Balaban J connectivity index is 1.55. The van der Waals surface area contributed by atoms with Crippen LogP contribution in [-0.2, 0) is 16.1 Å². The van der Waals surface area contributed by atoms with E-state index in [4.69, 9.17) is 0 Å². The molecule has 1 saturated heterocycles. The van der Waals surface area contributed by atoms with Crippen LogP contribution >= 0.6 is 0 Å². The smallest absolute Gasteiger partial charge is 0.242 e. The molecule has 1 aliphatic heterocycles. The van der Waals surface area contributed by atoms with Gasteiger partial charge in [0.15, 0.2) is 0 Å². The van der Waals surface area contributed by atoms with E-state index in [-0.39, 0.29) is 18.4 Å². The van der Waals surface area contributed by atoms with Gasteiger partial charge >= 0.3 is 0 Å². The van der Waals surface area contributed by atoms with Crippen molar-refractivity contribution < 1.29 is 9.59 Å². The molecule has 1 aliphatic rings. The van der Waals surface area contributed by atoms with Gasteiger partial charge < -0.3 is 14.7 Å². The van der Waals surface area contributed by atoms with E-state index in [1.807, 2.05) is 17.0 Å². The molecule has 3 rings (SSSR count). The zero-order valence-corrected chi connectivity index (χ0v) is 16.0. The molecule has 0 N–H and O–H groups in total. The number of rotatable bonds is 5. The maximum absolute atomic E-state index is 12.7. The fraction of sp³-hybridized carbons (Fsp3) is 0.381. The average molecular weight is 366 g/mol. The number of aryl methyl sites for hydroxylation is 1. The summed E-state index contributed by atoms with van der Waals surface area (Å²) in [6.07, 6.45) is 3.42. The lowest BCUT2D eigenvalue weighted by Crippen LogP contribution is -2.51. The Bertz CT molecular complexity index is 786. The SMILES string of the molecule is CC(=O)N(CC(=O)N1CCN(c2cccc(C)c2)CC1)Cc1cccnc1. The van der Waals surface area contributed by atoms with Crippen LogP contribution in [0.25, 0.3) is 0 Å². The molecule has 0 spiro atoms. The molecule has 142 valence electrons. The fourth-order valence-electron chi connectivity index (χ4n) is 3.29. The number of piperazine rings is 1. The van der Waals surface area contributed by atoms with Gasteiger partial charge in [-0.25, -0.2) is 0 Å². The predicted molar refractivity (Wildman–Crippen MR) is 105 cm³/mol. The number of carbonyl (C=O) groups excluding carboxylic acids is 2. The van der Waals surface area contributed by atoms with Crippen molar-refractivity contribution in [2.24, 2.45) is 0 Å². The molecule has 27 heavy (non-hydrogen) atoms. The number of hydrogen-bond acceptors (Lipinski definition) is 4. The number of anilines is 1. The van der Waals surface area contributed by atoms with Gasteiger partial charge in [-0.1, -0.05) is 18.2 Å². The van der Waals surface area contributed by atoms with E-state index in [1.54, 1.807) is 17.3 Å². The quantitative estimate of drug-likeness (QED) is 0.813. The van der Waals surface area contributed by atoms with E-state index in [0.717, 1.165) is 18.7 Å². The molecule has 1 aromatic carbocycles. The van der Waals surface area contributed by atoms with Crippen LogP contribution in [0.2, 0.25) is 0 Å². The first-order valence-corrected chi connectivity index (χ1v) is 9.27. The Morgan fingerprint density at radius 1 is 1.11 bits per heavy atom. The number of aromatic nitrogens is 1. The van der Waals surface area contributed by atoms with Crippen molar-refractivity contribution in [1.29, 1.82) is 0 Å². The molecule has 2 aromatic rings. The lowest BCUT2D eigenvalue weighted by Gasteiger charge is -2.37. The molecule has 1 aromatic heterocycles. The number of carbonyl (C=O) groups is 2. The van der Waals surface area contributed by atoms with E-state index < -0.39 is 0 Å². The monoisotopic (exact) mass is 366 g/mol. The standard InChI is InChI=1S/C21H26N4O2/c1-17-5-3-7-20(13-17)23-9-11-24(12-10-23)21(27)16-25(18(2)26)15-19-6-4-8-22-14-19/h3-8,13-14H,9-12,15-16H2,1-2H3. The first-order valence-electron chi connectivity index (χ1n) is 9.27. The van der Waals surface area contributed by atoms with Crippen LogP contribution in [0.4, 0.5) is 5.69 Å². The van der Waals surface area contributed by atoms with Crippen LogP contribution < -0.4 is 4.90 Å². The number of hydrogen-bond donors (Lipinski definition) is 0. The second-order valence-corrected chi connectivity index (χ2v) is 6.94. The summed E-state index contributed by atoms with van der Waals surface area (Å²) in [6, 6.07) is 12.2. The molecular weight excluding hydrogens is 340 g/mol. The summed E-state index contributed by atoms with van der Waals surface area (Å²) in [5, 5.41) is 0. The summed E-state index contributed by atoms with van der Waals surface area (Å²) in [4.78, 5) is 34.5. The maximum Gasteiger partial charge on any atom is 0.242 e. The summed E-state index contributed by atoms with van der Waals surface area (Å²) >= 11 is 0. The van der Waals surface area contributed by atoms with E-state index in [1.165, 1.54) is 18.2 Å². The third kappa shape index (κ3) is 5.06. The number of nitrogens with zero attached hydrogens (tertiary/aromatic N) is 4. The molecule has 0 radical (unpaired) electrons. The third-order valence-electron chi connectivity index (χ3n) is 4.87. The van der Waals surface area contributed by atoms with Crippen molar-refractivity contribution in [3.8, 4) is 0 Å². The fourth-order valence-corrected chi connectivity index (χ4v) is 3.29. The van der Waals surface area contributed by atoms with Crippen LogP contribution in [0, 0.1) is 6.92 Å². The predicted octanol–water partition coefficient (Wildman–Crippen LogP) is 2.09. The topological polar surface area (TPSA) is 56.8 Å². The Hall–Kier alpha value is -2.89. The molecule has 0 saturated carbocycles. The van der Waals surface area contributed by atoms with E-state index in [0.29, 0.717) is 19.6 Å². The molecule has 2 heterocycles. The van der Waals surface area contributed by atoms with Crippen molar-refractivity contribution in [2.75, 3.05) is 37.6 Å². The zero-order valence-electron chi connectivity index (χ0n) is 16.0. The Morgan fingerprint density at radius 3 is 2.52 bits per heavy atom. The minimum Gasteiger partial charge on any atom is -0.368 e. The summed E-state index contributed by atoms with van der Waals surface area (Å²) in [6.45, 7) is 7.04.